The highest BCUT2D eigenvalue weighted by molar-refractivity contribution is 7.18. The molecule has 1 aliphatic rings. The summed E-state index contributed by atoms with van der Waals surface area (Å²) < 4.78 is 1.28. The van der Waals surface area contributed by atoms with Gasteiger partial charge in [0.1, 0.15) is 0 Å². The van der Waals surface area contributed by atoms with Gasteiger partial charge >= 0.3 is 0 Å². The summed E-state index contributed by atoms with van der Waals surface area (Å²) in [5.74, 6) is 0.667. The minimum Gasteiger partial charge on any atom is -0.327 e. The first kappa shape index (κ1) is 20.0. The number of para-hydroxylation sites is 2. The van der Waals surface area contributed by atoms with Gasteiger partial charge in [0.05, 0.1) is 28.3 Å². The van der Waals surface area contributed by atoms with Crippen molar-refractivity contribution in [1.29, 1.82) is 0 Å². The van der Waals surface area contributed by atoms with E-state index in [1.165, 1.54) is 25.7 Å². The molecule has 0 aliphatic carbocycles. The van der Waals surface area contributed by atoms with Crippen molar-refractivity contribution in [3.8, 4) is 0 Å². The third kappa shape index (κ3) is 4.51. The maximum Gasteiger partial charge on any atom is 0.279 e. The SMILES string of the molecule is CCc1cccc(CC)c1NC(=O)C[NH+]1CCC(c2nc3ccccc3s2)CC1. The molecule has 2 N–H and O–H groups in total. The van der Waals surface area contributed by atoms with E-state index in [1.54, 1.807) is 0 Å². The van der Waals surface area contributed by atoms with E-state index < -0.39 is 0 Å². The number of hydrogen-bond acceptors (Lipinski definition) is 3. The van der Waals surface area contributed by atoms with Crippen molar-refractivity contribution in [2.24, 2.45) is 0 Å². The molecule has 0 unspecified atom stereocenters. The molecule has 0 bridgehead atoms. The summed E-state index contributed by atoms with van der Waals surface area (Å²) >= 11 is 1.83. The van der Waals surface area contributed by atoms with Gasteiger partial charge in [-0.25, -0.2) is 4.98 Å². The van der Waals surface area contributed by atoms with Gasteiger partial charge in [0.25, 0.3) is 5.91 Å². The molecular weight excluding hydrogens is 378 g/mol. The number of likely N-dealkylation sites (tertiary alicyclic amines) is 1. The number of piperidine rings is 1. The van der Waals surface area contributed by atoms with Crippen molar-refractivity contribution < 1.29 is 9.69 Å². The van der Waals surface area contributed by atoms with Crippen LogP contribution in [0.4, 0.5) is 5.69 Å². The molecule has 5 heteroatoms. The zero-order chi connectivity index (χ0) is 20.2. The van der Waals surface area contributed by atoms with Gasteiger partial charge in [-0.1, -0.05) is 44.2 Å². The van der Waals surface area contributed by atoms with E-state index in [9.17, 15) is 4.79 Å². The Morgan fingerprint density at radius 3 is 2.41 bits per heavy atom. The Bertz CT molecular complexity index is 933. The van der Waals surface area contributed by atoms with Crippen LogP contribution in [0.25, 0.3) is 10.2 Å². The van der Waals surface area contributed by atoms with E-state index in [0.29, 0.717) is 12.5 Å². The van der Waals surface area contributed by atoms with Crippen LogP contribution in [-0.4, -0.2) is 30.5 Å². The molecule has 1 aliphatic heterocycles. The number of amides is 1. The second-order valence-electron chi connectivity index (χ2n) is 7.93. The average Bonchev–Trinajstić information content (AvgIpc) is 3.18. The summed E-state index contributed by atoms with van der Waals surface area (Å²) in [6, 6.07) is 14.7. The number of quaternary nitrogens is 1. The van der Waals surface area contributed by atoms with Crippen molar-refractivity contribution in [2.45, 2.75) is 45.4 Å². The number of aryl methyl sites for hydroxylation is 2. The topological polar surface area (TPSA) is 46.4 Å². The fourth-order valence-electron chi connectivity index (χ4n) is 4.33. The molecule has 0 atom stereocenters. The molecule has 0 radical (unpaired) electrons. The van der Waals surface area contributed by atoms with Crippen molar-refractivity contribution in [3.05, 3.63) is 58.6 Å². The molecule has 1 amide bonds. The van der Waals surface area contributed by atoms with E-state index in [0.717, 1.165) is 50.0 Å². The number of aromatic nitrogens is 1. The number of carbonyl (C=O) groups is 1. The van der Waals surface area contributed by atoms with Gasteiger partial charge in [-0.3, -0.25) is 4.79 Å². The molecule has 1 fully saturated rings. The number of thiazole rings is 1. The van der Waals surface area contributed by atoms with Crippen molar-refractivity contribution in [1.82, 2.24) is 4.98 Å². The van der Waals surface area contributed by atoms with E-state index in [2.05, 4.69) is 61.6 Å². The van der Waals surface area contributed by atoms with Crippen LogP contribution in [0, 0.1) is 0 Å². The highest BCUT2D eigenvalue weighted by Gasteiger charge is 2.27. The quantitative estimate of drug-likeness (QED) is 0.651. The van der Waals surface area contributed by atoms with Crippen LogP contribution in [0.15, 0.2) is 42.5 Å². The summed E-state index contributed by atoms with van der Waals surface area (Å²) in [5, 5.41) is 4.48. The van der Waals surface area contributed by atoms with Crippen molar-refractivity contribution in [3.63, 3.8) is 0 Å². The van der Waals surface area contributed by atoms with Crippen LogP contribution in [-0.2, 0) is 17.6 Å². The average molecular weight is 409 g/mol. The Balaban J connectivity index is 1.34. The minimum absolute atomic E-state index is 0.133. The Kier molecular flexibility index (Phi) is 6.26. The second kappa shape index (κ2) is 9.06. The number of anilines is 1. The number of nitrogens with zero attached hydrogens (tertiary/aromatic N) is 1. The maximum absolute atomic E-state index is 12.7. The molecule has 2 heterocycles. The molecule has 152 valence electrons. The number of fused-ring (bicyclic) bond motifs is 1. The van der Waals surface area contributed by atoms with Crippen LogP contribution in [0.5, 0.6) is 0 Å². The Morgan fingerprint density at radius 2 is 1.76 bits per heavy atom. The number of benzene rings is 2. The monoisotopic (exact) mass is 408 g/mol. The molecule has 0 spiro atoms. The first-order valence-corrected chi connectivity index (χ1v) is 11.6. The fourth-order valence-corrected chi connectivity index (χ4v) is 5.46. The zero-order valence-electron chi connectivity index (χ0n) is 17.3. The van der Waals surface area contributed by atoms with Gasteiger partial charge in [0.15, 0.2) is 6.54 Å². The fraction of sp³-hybridized carbons (Fsp3) is 0.417. The van der Waals surface area contributed by atoms with Gasteiger partial charge in [-0.2, -0.15) is 0 Å². The summed E-state index contributed by atoms with van der Waals surface area (Å²) in [7, 11) is 0. The Labute approximate surface area is 177 Å². The smallest absolute Gasteiger partial charge is 0.279 e. The van der Waals surface area contributed by atoms with Gasteiger partial charge in [0.2, 0.25) is 0 Å². The molecule has 29 heavy (non-hydrogen) atoms. The van der Waals surface area contributed by atoms with Gasteiger partial charge in [-0.05, 0) is 36.1 Å². The third-order valence-electron chi connectivity index (χ3n) is 6.03. The first-order chi connectivity index (χ1) is 14.2. The van der Waals surface area contributed by atoms with Gasteiger partial charge < -0.3 is 10.2 Å². The van der Waals surface area contributed by atoms with Crippen molar-refractivity contribution >= 4 is 33.1 Å². The lowest BCUT2D eigenvalue weighted by Gasteiger charge is -2.28. The minimum atomic E-state index is 0.133. The number of hydrogen-bond donors (Lipinski definition) is 2. The van der Waals surface area contributed by atoms with Gasteiger partial charge in [-0.15, -0.1) is 11.3 Å². The number of nitrogens with one attached hydrogen (secondary N) is 2. The highest BCUT2D eigenvalue weighted by atomic mass is 32.1. The molecule has 4 rings (SSSR count). The summed E-state index contributed by atoms with van der Waals surface area (Å²) in [6.07, 6.45) is 4.08. The molecule has 1 aromatic heterocycles. The maximum atomic E-state index is 12.7. The first-order valence-electron chi connectivity index (χ1n) is 10.8. The Hall–Kier alpha value is -2.24. The van der Waals surface area contributed by atoms with Crippen LogP contribution in [0.3, 0.4) is 0 Å². The van der Waals surface area contributed by atoms with E-state index in [-0.39, 0.29) is 5.91 Å². The lowest BCUT2D eigenvalue weighted by Crippen LogP contribution is -3.14. The van der Waals surface area contributed by atoms with E-state index in [4.69, 9.17) is 4.98 Å². The summed E-state index contributed by atoms with van der Waals surface area (Å²) in [6.45, 7) is 6.90. The van der Waals surface area contributed by atoms with Crippen LogP contribution < -0.4 is 10.2 Å². The van der Waals surface area contributed by atoms with Crippen LogP contribution >= 0.6 is 11.3 Å². The second-order valence-corrected chi connectivity index (χ2v) is 8.99. The summed E-state index contributed by atoms with van der Waals surface area (Å²) in [5.41, 5.74) is 4.60. The largest absolute Gasteiger partial charge is 0.327 e. The summed E-state index contributed by atoms with van der Waals surface area (Å²) in [4.78, 5) is 19.0. The van der Waals surface area contributed by atoms with E-state index >= 15 is 0 Å². The number of carbonyl (C=O) groups excluding carboxylic acids is 1. The van der Waals surface area contributed by atoms with Crippen LogP contribution in [0.1, 0.15) is 48.7 Å². The molecule has 0 saturated carbocycles. The van der Waals surface area contributed by atoms with E-state index in [1.807, 2.05) is 11.3 Å². The molecule has 1 saturated heterocycles. The highest BCUT2D eigenvalue weighted by Crippen LogP contribution is 2.31. The zero-order valence-corrected chi connectivity index (χ0v) is 18.1. The van der Waals surface area contributed by atoms with Crippen LogP contribution in [0.2, 0.25) is 0 Å². The predicted molar refractivity (Wildman–Crippen MR) is 121 cm³/mol. The normalized spacial score (nSPS) is 19.4. The van der Waals surface area contributed by atoms with Crippen molar-refractivity contribution in [2.75, 3.05) is 25.0 Å². The lowest BCUT2D eigenvalue weighted by atomic mass is 9.97. The third-order valence-corrected chi connectivity index (χ3v) is 7.23. The molecule has 4 nitrogen and oxygen atoms in total. The molecule has 3 aromatic rings. The van der Waals surface area contributed by atoms with Gasteiger partial charge in [0, 0.05) is 24.4 Å². The standard InChI is InChI=1S/C24H29N3OS/c1-3-17-8-7-9-18(4-2)23(17)26-22(28)16-27-14-12-19(13-15-27)24-25-20-10-5-6-11-21(20)29-24/h5-11,19H,3-4,12-16H2,1-2H3,(H,26,28)/p+1. The molecule has 2 aromatic carbocycles. The molecular formula is C24H30N3OS+. The predicted octanol–water partition coefficient (Wildman–Crippen LogP) is 3.82. The lowest BCUT2D eigenvalue weighted by molar-refractivity contribution is -0.897. The number of rotatable bonds is 6. The Morgan fingerprint density at radius 1 is 1.07 bits per heavy atom.